The minimum absolute atomic E-state index is 0.713. The summed E-state index contributed by atoms with van der Waals surface area (Å²) in [7, 11) is 3.20. The maximum Gasteiger partial charge on any atom is 0.500 e. The van der Waals surface area contributed by atoms with Crippen LogP contribution in [0.1, 0.15) is 6.42 Å². The second-order valence-electron chi connectivity index (χ2n) is 3.35. The van der Waals surface area contributed by atoms with E-state index >= 15 is 0 Å². The van der Waals surface area contributed by atoms with Crippen molar-refractivity contribution >= 4 is 8.80 Å². The van der Waals surface area contributed by atoms with Gasteiger partial charge in [0, 0.05) is 26.8 Å². The molecular weight excluding hydrogens is 186 g/mol. The van der Waals surface area contributed by atoms with Crippen LogP contribution in [0.4, 0.5) is 0 Å². The summed E-state index contributed by atoms with van der Waals surface area (Å²) in [6.07, 6.45) is 1.09. The van der Waals surface area contributed by atoms with Gasteiger partial charge < -0.3 is 18.2 Å². The normalized spacial score (nSPS) is 25.2. The molecular formula is C8H19NO3Si. The van der Waals surface area contributed by atoms with Crippen molar-refractivity contribution in [3.63, 3.8) is 0 Å². The largest absolute Gasteiger partial charge is 0.500 e. The quantitative estimate of drug-likeness (QED) is 0.617. The van der Waals surface area contributed by atoms with Gasteiger partial charge in [-0.3, -0.25) is 0 Å². The second kappa shape index (κ2) is 5.07. The van der Waals surface area contributed by atoms with E-state index in [1.165, 1.54) is 0 Å². The molecule has 13 heavy (non-hydrogen) atoms. The number of nitrogens with zero attached hydrogens (tertiary/aromatic N) is 1. The molecule has 1 heterocycles. The highest BCUT2D eigenvalue weighted by atomic mass is 28.4. The lowest BCUT2D eigenvalue weighted by molar-refractivity contribution is 0.0790. The molecule has 0 unspecified atom stereocenters. The Morgan fingerprint density at radius 2 is 1.92 bits per heavy atom. The monoisotopic (exact) mass is 205 g/mol. The van der Waals surface area contributed by atoms with Crippen molar-refractivity contribution in [3.05, 3.63) is 0 Å². The van der Waals surface area contributed by atoms with Gasteiger partial charge in [0.05, 0.1) is 6.61 Å². The van der Waals surface area contributed by atoms with Crippen LogP contribution in [-0.2, 0) is 13.3 Å². The number of rotatable bonds is 2. The number of likely N-dealkylation sites (N-methyl/N-ethyl adjacent to an activating group) is 1. The molecule has 1 fully saturated rings. The van der Waals surface area contributed by atoms with Crippen LogP contribution in [0.3, 0.4) is 0 Å². The molecule has 0 spiro atoms. The van der Waals surface area contributed by atoms with Gasteiger partial charge in [-0.05, 0) is 20.0 Å². The van der Waals surface area contributed by atoms with Gasteiger partial charge >= 0.3 is 8.80 Å². The highest BCUT2D eigenvalue weighted by molar-refractivity contribution is 6.60. The Hall–Kier alpha value is 0.0569. The van der Waals surface area contributed by atoms with E-state index in [0.29, 0.717) is 6.61 Å². The standard InChI is InChI=1S/C8H19NO3Si/c1-9-5-4-8-13(10-2,11-3)12-7-6-9/h4-8H2,1-3H3. The molecule has 1 rings (SSSR count). The Kier molecular flexibility index (Phi) is 4.34. The molecule has 0 amide bonds. The van der Waals surface area contributed by atoms with Gasteiger partial charge in [-0.1, -0.05) is 0 Å². The van der Waals surface area contributed by atoms with Crippen molar-refractivity contribution in [1.29, 1.82) is 0 Å². The summed E-state index contributed by atoms with van der Waals surface area (Å²) in [5.74, 6) is 0. The van der Waals surface area contributed by atoms with Crippen molar-refractivity contribution in [3.8, 4) is 0 Å². The molecule has 78 valence electrons. The first-order chi connectivity index (χ1) is 6.22. The minimum atomic E-state index is -2.27. The average Bonchev–Trinajstić information content (AvgIpc) is 2.12. The summed E-state index contributed by atoms with van der Waals surface area (Å²) in [5, 5.41) is 0. The van der Waals surface area contributed by atoms with Crippen LogP contribution in [0.5, 0.6) is 0 Å². The van der Waals surface area contributed by atoms with Gasteiger partial charge in [-0.25, -0.2) is 0 Å². The first-order valence-electron chi connectivity index (χ1n) is 4.65. The van der Waals surface area contributed by atoms with Gasteiger partial charge in [0.25, 0.3) is 0 Å². The molecule has 0 bridgehead atoms. The summed E-state index contributed by atoms with van der Waals surface area (Å²) in [5.41, 5.74) is 0. The van der Waals surface area contributed by atoms with E-state index in [1.54, 1.807) is 14.2 Å². The van der Waals surface area contributed by atoms with Gasteiger partial charge in [0.15, 0.2) is 0 Å². The fourth-order valence-electron chi connectivity index (χ4n) is 1.51. The molecule has 1 saturated heterocycles. The Labute approximate surface area is 81.1 Å². The molecule has 1 aliphatic heterocycles. The third-order valence-electron chi connectivity index (χ3n) is 2.44. The van der Waals surface area contributed by atoms with Gasteiger partial charge in [-0.15, -0.1) is 0 Å². The molecule has 5 heteroatoms. The topological polar surface area (TPSA) is 30.9 Å². The van der Waals surface area contributed by atoms with Crippen molar-refractivity contribution in [2.75, 3.05) is 41.0 Å². The Bertz CT molecular complexity index is 140. The van der Waals surface area contributed by atoms with Crippen LogP contribution in [0.25, 0.3) is 0 Å². The van der Waals surface area contributed by atoms with Gasteiger partial charge in [0.1, 0.15) is 0 Å². The summed E-state index contributed by atoms with van der Waals surface area (Å²) in [6.45, 7) is 2.77. The van der Waals surface area contributed by atoms with Crippen molar-refractivity contribution in [1.82, 2.24) is 4.90 Å². The van der Waals surface area contributed by atoms with Crippen LogP contribution in [-0.4, -0.2) is 54.7 Å². The van der Waals surface area contributed by atoms with E-state index in [2.05, 4.69) is 11.9 Å². The lowest BCUT2D eigenvalue weighted by Crippen LogP contribution is -2.47. The van der Waals surface area contributed by atoms with Crippen LogP contribution >= 0.6 is 0 Å². The van der Waals surface area contributed by atoms with Gasteiger partial charge in [0.2, 0.25) is 0 Å². The van der Waals surface area contributed by atoms with E-state index < -0.39 is 8.80 Å². The molecule has 0 aromatic rings. The first-order valence-corrected chi connectivity index (χ1v) is 6.58. The van der Waals surface area contributed by atoms with Crippen LogP contribution < -0.4 is 0 Å². The molecule has 0 aromatic carbocycles. The molecule has 4 nitrogen and oxygen atoms in total. The third-order valence-corrected chi connectivity index (χ3v) is 5.29. The fraction of sp³-hybridized carbons (Fsp3) is 1.00. The summed E-state index contributed by atoms with van der Waals surface area (Å²) < 4.78 is 16.4. The summed E-state index contributed by atoms with van der Waals surface area (Å²) >= 11 is 0. The van der Waals surface area contributed by atoms with Crippen LogP contribution in [0.2, 0.25) is 6.04 Å². The highest BCUT2D eigenvalue weighted by Gasteiger charge is 2.39. The predicted octanol–water partition coefficient (Wildman–Crippen LogP) is 0.570. The van der Waals surface area contributed by atoms with E-state index in [1.807, 2.05) is 0 Å². The molecule has 0 radical (unpaired) electrons. The smallest absolute Gasteiger partial charge is 0.377 e. The fourth-order valence-corrected chi connectivity index (χ4v) is 3.46. The average molecular weight is 205 g/mol. The first kappa shape index (κ1) is 11.1. The molecule has 0 aromatic heterocycles. The lowest BCUT2D eigenvalue weighted by Gasteiger charge is -2.30. The zero-order valence-electron chi connectivity index (χ0n) is 8.71. The Balaban J connectivity index is 2.47. The molecule has 0 saturated carbocycles. The maximum absolute atomic E-state index is 5.69. The predicted molar refractivity (Wildman–Crippen MR) is 52.6 cm³/mol. The van der Waals surface area contributed by atoms with Crippen LogP contribution in [0, 0.1) is 0 Å². The third kappa shape index (κ3) is 3.03. The van der Waals surface area contributed by atoms with Crippen molar-refractivity contribution < 1.29 is 13.3 Å². The summed E-state index contributed by atoms with van der Waals surface area (Å²) in [6, 6.07) is 0.921. The highest BCUT2D eigenvalue weighted by Crippen LogP contribution is 2.17. The zero-order valence-corrected chi connectivity index (χ0v) is 9.71. The van der Waals surface area contributed by atoms with E-state index in [9.17, 15) is 0 Å². The van der Waals surface area contributed by atoms with E-state index in [0.717, 1.165) is 25.6 Å². The number of hydrogen-bond donors (Lipinski definition) is 0. The molecule has 1 aliphatic rings. The molecule has 0 N–H and O–H groups in total. The second-order valence-corrected chi connectivity index (χ2v) is 6.32. The van der Waals surface area contributed by atoms with E-state index in [4.69, 9.17) is 13.3 Å². The zero-order chi connectivity index (χ0) is 9.73. The molecule has 0 aliphatic carbocycles. The maximum atomic E-state index is 5.69. The Morgan fingerprint density at radius 1 is 1.23 bits per heavy atom. The van der Waals surface area contributed by atoms with Gasteiger partial charge in [-0.2, -0.15) is 0 Å². The SMILES string of the molecule is CO[Si]1(OC)CCCN(C)CCO1. The van der Waals surface area contributed by atoms with Crippen LogP contribution in [0.15, 0.2) is 0 Å². The summed E-state index contributed by atoms with van der Waals surface area (Å²) in [4.78, 5) is 2.27. The number of hydrogen-bond acceptors (Lipinski definition) is 4. The van der Waals surface area contributed by atoms with Crippen molar-refractivity contribution in [2.24, 2.45) is 0 Å². The Morgan fingerprint density at radius 3 is 2.54 bits per heavy atom. The molecule has 0 atom stereocenters. The van der Waals surface area contributed by atoms with Crippen molar-refractivity contribution in [2.45, 2.75) is 12.5 Å². The minimum Gasteiger partial charge on any atom is -0.377 e. The lowest BCUT2D eigenvalue weighted by atomic mass is 10.4. The van der Waals surface area contributed by atoms with E-state index in [-0.39, 0.29) is 0 Å².